The van der Waals surface area contributed by atoms with Crippen molar-refractivity contribution < 1.29 is 33.0 Å². The highest BCUT2D eigenvalue weighted by atomic mass is 32.2. The average molecular weight is 585 g/mol. The van der Waals surface area contributed by atoms with Gasteiger partial charge >= 0.3 is 11.9 Å². The highest BCUT2D eigenvalue weighted by Crippen LogP contribution is 2.36. The lowest BCUT2D eigenvalue weighted by Crippen LogP contribution is -2.38. The zero-order valence-corrected chi connectivity index (χ0v) is 24.6. The van der Waals surface area contributed by atoms with Gasteiger partial charge in [0.05, 0.1) is 30.0 Å². The number of anilines is 1. The summed E-state index contributed by atoms with van der Waals surface area (Å²) >= 11 is 0. The van der Waals surface area contributed by atoms with Gasteiger partial charge in [-0.15, -0.1) is 0 Å². The Morgan fingerprint density at radius 2 is 1.54 bits per heavy atom. The average Bonchev–Trinajstić information content (AvgIpc) is 2.96. The van der Waals surface area contributed by atoms with Crippen molar-refractivity contribution in [1.82, 2.24) is 4.90 Å². The highest BCUT2D eigenvalue weighted by molar-refractivity contribution is 7.92. The molecule has 1 heterocycles. The molecule has 0 unspecified atom stereocenters. The van der Waals surface area contributed by atoms with Gasteiger partial charge in [0.25, 0.3) is 10.0 Å². The van der Waals surface area contributed by atoms with Gasteiger partial charge in [0.2, 0.25) is 0 Å². The maximum atomic E-state index is 13.6. The lowest BCUT2D eigenvalue weighted by Gasteiger charge is -2.31. The SMILES string of the molecule is CCCN(CCC)CCCc1ccc2c(c1)N(S(=O)(=O)c1ccc3ccccc3c1)CCO2.O=C(O)CCC(=O)O. The van der Waals surface area contributed by atoms with Gasteiger partial charge in [0.1, 0.15) is 12.4 Å². The van der Waals surface area contributed by atoms with Gasteiger partial charge in [0, 0.05) is 0 Å². The Morgan fingerprint density at radius 3 is 2.17 bits per heavy atom. The Kier molecular flexibility index (Phi) is 12.0. The highest BCUT2D eigenvalue weighted by Gasteiger charge is 2.30. The first-order valence-corrected chi connectivity index (χ1v) is 15.5. The molecule has 222 valence electrons. The number of sulfonamides is 1. The molecule has 0 amide bonds. The number of benzene rings is 3. The topological polar surface area (TPSA) is 124 Å². The van der Waals surface area contributed by atoms with Crippen molar-refractivity contribution in [3.8, 4) is 5.75 Å². The second-order valence-corrected chi connectivity index (χ2v) is 11.8. The van der Waals surface area contributed by atoms with E-state index in [1.807, 2.05) is 42.5 Å². The fraction of sp³-hybridized carbons (Fsp3) is 0.419. The van der Waals surface area contributed by atoms with E-state index in [1.165, 1.54) is 4.31 Å². The lowest BCUT2D eigenvalue weighted by molar-refractivity contribution is -0.143. The van der Waals surface area contributed by atoms with Crippen LogP contribution in [0.4, 0.5) is 5.69 Å². The molecule has 4 rings (SSSR count). The number of carbonyl (C=O) groups is 2. The molecule has 3 aromatic carbocycles. The Bertz CT molecular complexity index is 1400. The summed E-state index contributed by atoms with van der Waals surface area (Å²) in [6.07, 6.45) is 3.71. The Hall–Kier alpha value is -3.63. The molecular weight excluding hydrogens is 544 g/mol. The van der Waals surface area contributed by atoms with Crippen molar-refractivity contribution >= 4 is 38.4 Å². The number of carboxylic acid groups (broad SMARTS) is 2. The van der Waals surface area contributed by atoms with Crippen molar-refractivity contribution in [3.63, 3.8) is 0 Å². The van der Waals surface area contributed by atoms with Crippen LogP contribution >= 0.6 is 0 Å². The van der Waals surface area contributed by atoms with Crippen LogP contribution in [0.2, 0.25) is 0 Å². The van der Waals surface area contributed by atoms with Gasteiger partial charge in [-0.3, -0.25) is 13.9 Å². The van der Waals surface area contributed by atoms with Crippen LogP contribution in [0.25, 0.3) is 10.8 Å². The standard InChI is InChI=1S/C27H34N2O3S.C4H6O4/c1-3-15-28(16-4-2)17-7-8-22-11-14-27-26(20-22)29(18-19-32-27)33(30,31)25-13-12-23-9-5-6-10-24(23)21-25;5-3(6)1-2-4(7)8/h5-6,9-14,20-21H,3-4,7-8,15-19H2,1-2H3;1-2H2,(H,5,6)(H,7,8). The molecule has 0 aromatic heterocycles. The summed E-state index contributed by atoms with van der Waals surface area (Å²) in [5, 5.41) is 17.7. The van der Waals surface area contributed by atoms with Crippen molar-refractivity contribution in [2.75, 3.05) is 37.1 Å². The molecule has 0 saturated carbocycles. The third-order valence-corrected chi connectivity index (χ3v) is 8.53. The zero-order chi connectivity index (χ0) is 29.8. The van der Waals surface area contributed by atoms with Crippen LogP contribution in [-0.2, 0) is 26.0 Å². The summed E-state index contributed by atoms with van der Waals surface area (Å²) in [5.41, 5.74) is 1.79. The quantitative estimate of drug-likeness (QED) is 0.273. The predicted molar refractivity (Wildman–Crippen MR) is 160 cm³/mol. The third kappa shape index (κ3) is 9.19. The monoisotopic (exact) mass is 584 g/mol. The van der Waals surface area contributed by atoms with Crippen LogP contribution in [0.15, 0.2) is 65.6 Å². The van der Waals surface area contributed by atoms with Gasteiger partial charge in [-0.2, -0.15) is 0 Å². The van der Waals surface area contributed by atoms with E-state index in [0.717, 1.165) is 61.7 Å². The van der Waals surface area contributed by atoms with Gasteiger partial charge in [-0.05, 0) is 85.9 Å². The van der Waals surface area contributed by atoms with E-state index in [1.54, 1.807) is 12.1 Å². The van der Waals surface area contributed by atoms with Gasteiger partial charge in [-0.25, -0.2) is 8.42 Å². The molecule has 1 aliphatic rings. The van der Waals surface area contributed by atoms with Crippen molar-refractivity contribution in [3.05, 3.63) is 66.2 Å². The summed E-state index contributed by atoms with van der Waals surface area (Å²) in [6, 6.07) is 19.1. The molecule has 0 bridgehead atoms. The maximum absolute atomic E-state index is 13.6. The van der Waals surface area contributed by atoms with E-state index in [-0.39, 0.29) is 12.8 Å². The molecule has 2 N–H and O–H groups in total. The van der Waals surface area contributed by atoms with E-state index in [4.69, 9.17) is 14.9 Å². The molecule has 1 aliphatic heterocycles. The van der Waals surface area contributed by atoms with Gasteiger partial charge in [-0.1, -0.05) is 50.2 Å². The van der Waals surface area contributed by atoms with Crippen molar-refractivity contribution in [2.45, 2.75) is 57.3 Å². The normalized spacial score (nSPS) is 12.8. The number of nitrogens with zero attached hydrogens (tertiary/aromatic N) is 2. The molecule has 0 radical (unpaired) electrons. The second-order valence-electron chi connectivity index (χ2n) is 9.97. The minimum Gasteiger partial charge on any atom is -0.489 e. The third-order valence-electron chi connectivity index (χ3n) is 6.73. The van der Waals surface area contributed by atoms with E-state index in [2.05, 4.69) is 24.8 Å². The molecule has 0 saturated heterocycles. The van der Waals surface area contributed by atoms with E-state index < -0.39 is 22.0 Å². The molecular formula is C31H40N2O7S. The fourth-order valence-electron chi connectivity index (χ4n) is 4.79. The van der Waals surface area contributed by atoms with Crippen LogP contribution in [0.5, 0.6) is 5.75 Å². The number of hydrogen-bond acceptors (Lipinski definition) is 6. The molecule has 0 aliphatic carbocycles. The molecule has 0 fully saturated rings. The van der Waals surface area contributed by atoms with E-state index in [0.29, 0.717) is 29.5 Å². The Morgan fingerprint density at radius 1 is 0.878 bits per heavy atom. The van der Waals surface area contributed by atoms with Crippen LogP contribution in [0.1, 0.15) is 51.5 Å². The minimum atomic E-state index is -3.69. The van der Waals surface area contributed by atoms with Crippen molar-refractivity contribution in [1.29, 1.82) is 0 Å². The van der Waals surface area contributed by atoms with Crippen molar-refractivity contribution in [2.24, 2.45) is 0 Å². The van der Waals surface area contributed by atoms with Gasteiger partial charge < -0.3 is 19.8 Å². The lowest BCUT2D eigenvalue weighted by atomic mass is 10.1. The maximum Gasteiger partial charge on any atom is 0.303 e. The van der Waals surface area contributed by atoms with Crippen LogP contribution < -0.4 is 9.04 Å². The Balaban J connectivity index is 0.000000507. The first-order valence-electron chi connectivity index (χ1n) is 14.1. The predicted octanol–water partition coefficient (Wildman–Crippen LogP) is 5.42. The molecule has 0 spiro atoms. The molecule has 41 heavy (non-hydrogen) atoms. The first-order chi connectivity index (χ1) is 19.6. The number of carboxylic acids is 2. The van der Waals surface area contributed by atoms with E-state index >= 15 is 0 Å². The molecule has 10 heteroatoms. The Labute approximate surface area is 242 Å². The number of aryl methyl sites for hydroxylation is 1. The number of aliphatic carboxylic acids is 2. The number of hydrogen-bond donors (Lipinski definition) is 2. The second kappa shape index (κ2) is 15.4. The van der Waals surface area contributed by atoms with Crippen LogP contribution in [-0.4, -0.2) is 68.3 Å². The van der Waals surface area contributed by atoms with Crippen LogP contribution in [0.3, 0.4) is 0 Å². The van der Waals surface area contributed by atoms with Crippen LogP contribution in [0, 0.1) is 0 Å². The summed E-state index contributed by atoms with van der Waals surface area (Å²) < 4.78 is 34.5. The summed E-state index contributed by atoms with van der Waals surface area (Å²) in [7, 11) is -3.69. The number of fused-ring (bicyclic) bond motifs is 2. The van der Waals surface area contributed by atoms with E-state index in [9.17, 15) is 18.0 Å². The number of rotatable bonds is 13. The fourth-order valence-corrected chi connectivity index (χ4v) is 6.27. The molecule has 9 nitrogen and oxygen atoms in total. The summed E-state index contributed by atoms with van der Waals surface area (Å²) in [6.45, 7) is 8.42. The number of ether oxygens (including phenoxy) is 1. The smallest absolute Gasteiger partial charge is 0.303 e. The first kappa shape index (κ1) is 31.9. The zero-order valence-electron chi connectivity index (χ0n) is 23.8. The molecule has 3 aromatic rings. The summed E-state index contributed by atoms with van der Waals surface area (Å²) in [4.78, 5) is 22.1. The minimum absolute atomic E-state index is 0.296. The largest absolute Gasteiger partial charge is 0.489 e. The molecule has 0 atom stereocenters. The summed E-state index contributed by atoms with van der Waals surface area (Å²) in [5.74, 6) is -1.52. The van der Waals surface area contributed by atoms with Gasteiger partial charge in [0.15, 0.2) is 0 Å².